The molecule has 0 heterocycles. The third-order valence-electron chi connectivity index (χ3n) is 3.08. The van der Waals surface area contributed by atoms with E-state index in [0.717, 1.165) is 11.1 Å². The number of amides is 1. The van der Waals surface area contributed by atoms with E-state index in [-0.39, 0.29) is 6.61 Å². The molecule has 2 aromatic rings. The largest absolute Gasteiger partial charge is 0.452 e. The third-order valence-corrected chi connectivity index (χ3v) is 3.33. The molecule has 0 aromatic heterocycles. The summed E-state index contributed by atoms with van der Waals surface area (Å²) in [6, 6.07) is 12.2. The number of anilines is 1. The lowest BCUT2D eigenvalue weighted by molar-refractivity contribution is -0.119. The number of carbonyl (C=O) groups excluding carboxylic acids is 2. The molecule has 1 N–H and O–H groups in total. The molecule has 114 valence electrons. The van der Waals surface area contributed by atoms with E-state index >= 15 is 0 Å². The van der Waals surface area contributed by atoms with Crippen molar-refractivity contribution in [2.45, 2.75) is 13.8 Å². The number of nitrogens with one attached hydrogen (secondary N) is 1. The Hall–Kier alpha value is -2.33. The molecular formula is C17H16ClNO3. The van der Waals surface area contributed by atoms with E-state index in [1.165, 1.54) is 0 Å². The third kappa shape index (κ3) is 4.33. The zero-order valence-corrected chi connectivity index (χ0v) is 13.1. The number of benzene rings is 2. The Morgan fingerprint density at radius 3 is 2.45 bits per heavy atom. The normalized spacial score (nSPS) is 10.1. The summed E-state index contributed by atoms with van der Waals surface area (Å²) >= 11 is 5.76. The van der Waals surface area contributed by atoms with Gasteiger partial charge in [0.25, 0.3) is 5.91 Å². The van der Waals surface area contributed by atoms with E-state index in [2.05, 4.69) is 5.32 Å². The first-order valence-electron chi connectivity index (χ1n) is 6.75. The molecule has 0 saturated carbocycles. The van der Waals surface area contributed by atoms with E-state index in [4.69, 9.17) is 16.3 Å². The number of aryl methyl sites for hydroxylation is 2. The molecule has 22 heavy (non-hydrogen) atoms. The maximum atomic E-state index is 12.0. The minimum atomic E-state index is -0.507. The number of carbonyl (C=O) groups is 2. The van der Waals surface area contributed by atoms with Gasteiger partial charge in [-0.05, 0) is 49.7 Å². The van der Waals surface area contributed by atoms with Crippen LogP contribution in [-0.2, 0) is 9.53 Å². The SMILES string of the molecule is Cc1ccc(C)c(C(=O)OCC(=O)Nc2ccc(Cl)cc2)c1. The van der Waals surface area contributed by atoms with Gasteiger partial charge in [-0.15, -0.1) is 0 Å². The van der Waals surface area contributed by atoms with Gasteiger partial charge in [-0.2, -0.15) is 0 Å². The van der Waals surface area contributed by atoms with Gasteiger partial charge in [0.2, 0.25) is 0 Å². The predicted octanol–water partition coefficient (Wildman–Crippen LogP) is 3.75. The van der Waals surface area contributed by atoms with Crippen molar-refractivity contribution in [3.05, 3.63) is 64.2 Å². The van der Waals surface area contributed by atoms with Gasteiger partial charge in [0.05, 0.1) is 5.56 Å². The van der Waals surface area contributed by atoms with Crippen molar-refractivity contribution in [1.82, 2.24) is 0 Å². The van der Waals surface area contributed by atoms with Crippen molar-refractivity contribution in [1.29, 1.82) is 0 Å². The number of hydrogen-bond acceptors (Lipinski definition) is 3. The van der Waals surface area contributed by atoms with Crippen LogP contribution in [0.2, 0.25) is 5.02 Å². The summed E-state index contributed by atoms with van der Waals surface area (Å²) in [5.74, 6) is -0.909. The Kier molecular flexibility index (Phi) is 5.17. The molecule has 0 atom stereocenters. The maximum Gasteiger partial charge on any atom is 0.338 e. The lowest BCUT2D eigenvalue weighted by Crippen LogP contribution is -2.21. The van der Waals surface area contributed by atoms with Crippen LogP contribution in [0.4, 0.5) is 5.69 Å². The highest BCUT2D eigenvalue weighted by molar-refractivity contribution is 6.30. The van der Waals surface area contributed by atoms with Gasteiger partial charge in [-0.3, -0.25) is 4.79 Å². The molecule has 0 aliphatic heterocycles. The predicted molar refractivity (Wildman–Crippen MR) is 86.3 cm³/mol. The highest BCUT2D eigenvalue weighted by Gasteiger charge is 2.13. The first kappa shape index (κ1) is 16.0. The first-order valence-corrected chi connectivity index (χ1v) is 7.13. The van der Waals surface area contributed by atoms with Crippen LogP contribution in [0.25, 0.3) is 0 Å². The van der Waals surface area contributed by atoms with Crippen molar-refractivity contribution in [2.24, 2.45) is 0 Å². The molecule has 0 radical (unpaired) electrons. The first-order chi connectivity index (χ1) is 10.5. The van der Waals surface area contributed by atoms with Gasteiger partial charge in [0, 0.05) is 10.7 Å². The second-order valence-electron chi connectivity index (χ2n) is 4.95. The van der Waals surface area contributed by atoms with Gasteiger partial charge in [-0.25, -0.2) is 4.79 Å². The Morgan fingerprint density at radius 1 is 1.09 bits per heavy atom. The van der Waals surface area contributed by atoms with Gasteiger partial charge in [0.1, 0.15) is 0 Å². The van der Waals surface area contributed by atoms with E-state index in [9.17, 15) is 9.59 Å². The van der Waals surface area contributed by atoms with Crippen molar-refractivity contribution in [2.75, 3.05) is 11.9 Å². The van der Waals surface area contributed by atoms with Crippen LogP contribution in [0, 0.1) is 13.8 Å². The Balaban J connectivity index is 1.91. The molecule has 2 aromatic carbocycles. The van der Waals surface area contributed by atoms with Crippen LogP contribution >= 0.6 is 11.6 Å². The van der Waals surface area contributed by atoms with E-state index in [0.29, 0.717) is 16.3 Å². The molecule has 0 fully saturated rings. The summed E-state index contributed by atoms with van der Waals surface area (Å²) in [5.41, 5.74) is 2.84. The molecular weight excluding hydrogens is 302 g/mol. The molecule has 0 spiro atoms. The average Bonchev–Trinajstić information content (AvgIpc) is 2.49. The Bertz CT molecular complexity index is 696. The van der Waals surface area contributed by atoms with E-state index in [1.807, 2.05) is 26.0 Å². The zero-order valence-electron chi connectivity index (χ0n) is 12.4. The quantitative estimate of drug-likeness (QED) is 0.874. The highest BCUT2D eigenvalue weighted by Crippen LogP contribution is 2.14. The molecule has 5 heteroatoms. The standard InChI is InChI=1S/C17H16ClNO3/c1-11-3-4-12(2)15(9-11)17(21)22-10-16(20)19-14-7-5-13(18)6-8-14/h3-9H,10H2,1-2H3,(H,19,20). The lowest BCUT2D eigenvalue weighted by Gasteiger charge is -2.09. The van der Waals surface area contributed by atoms with Crippen LogP contribution in [0.1, 0.15) is 21.5 Å². The number of hydrogen-bond donors (Lipinski definition) is 1. The van der Waals surface area contributed by atoms with Gasteiger partial charge < -0.3 is 10.1 Å². The topological polar surface area (TPSA) is 55.4 Å². The minimum Gasteiger partial charge on any atom is -0.452 e. The average molecular weight is 318 g/mol. The molecule has 0 unspecified atom stereocenters. The maximum absolute atomic E-state index is 12.0. The molecule has 2 rings (SSSR count). The second kappa shape index (κ2) is 7.09. The monoisotopic (exact) mass is 317 g/mol. The number of esters is 1. The molecule has 0 aliphatic carbocycles. The molecule has 4 nitrogen and oxygen atoms in total. The highest BCUT2D eigenvalue weighted by atomic mass is 35.5. The van der Waals surface area contributed by atoms with Crippen molar-refractivity contribution < 1.29 is 14.3 Å². The summed E-state index contributed by atoms with van der Waals surface area (Å²) < 4.78 is 5.04. The molecule has 0 aliphatic rings. The van der Waals surface area contributed by atoms with Crippen LogP contribution < -0.4 is 5.32 Å². The Labute approximate surface area is 134 Å². The number of halogens is 1. The summed E-state index contributed by atoms with van der Waals surface area (Å²) in [4.78, 5) is 23.8. The fraction of sp³-hybridized carbons (Fsp3) is 0.176. The minimum absolute atomic E-state index is 0.338. The van der Waals surface area contributed by atoms with Gasteiger partial charge >= 0.3 is 5.97 Å². The zero-order chi connectivity index (χ0) is 16.1. The summed E-state index contributed by atoms with van der Waals surface area (Å²) in [6.45, 7) is 3.38. The fourth-order valence-electron chi connectivity index (χ4n) is 1.89. The van der Waals surface area contributed by atoms with Crippen molar-refractivity contribution in [3.8, 4) is 0 Å². The smallest absolute Gasteiger partial charge is 0.338 e. The van der Waals surface area contributed by atoms with Crippen LogP contribution in [0.15, 0.2) is 42.5 Å². The lowest BCUT2D eigenvalue weighted by atomic mass is 10.1. The molecule has 0 bridgehead atoms. The number of rotatable bonds is 4. The number of ether oxygens (including phenoxy) is 1. The van der Waals surface area contributed by atoms with Crippen LogP contribution in [-0.4, -0.2) is 18.5 Å². The van der Waals surface area contributed by atoms with Crippen molar-refractivity contribution in [3.63, 3.8) is 0 Å². The van der Waals surface area contributed by atoms with E-state index in [1.54, 1.807) is 30.3 Å². The second-order valence-corrected chi connectivity index (χ2v) is 5.39. The summed E-state index contributed by atoms with van der Waals surface area (Å²) in [5, 5.41) is 3.21. The molecule has 1 amide bonds. The van der Waals surface area contributed by atoms with Crippen LogP contribution in [0.3, 0.4) is 0 Å². The molecule has 0 saturated heterocycles. The van der Waals surface area contributed by atoms with Crippen LogP contribution in [0.5, 0.6) is 0 Å². The Morgan fingerprint density at radius 2 is 1.77 bits per heavy atom. The van der Waals surface area contributed by atoms with Gasteiger partial charge in [0.15, 0.2) is 6.61 Å². The van der Waals surface area contributed by atoms with E-state index < -0.39 is 11.9 Å². The fourth-order valence-corrected chi connectivity index (χ4v) is 2.02. The van der Waals surface area contributed by atoms with Crippen molar-refractivity contribution >= 4 is 29.2 Å². The summed E-state index contributed by atoms with van der Waals surface area (Å²) in [6.07, 6.45) is 0. The van der Waals surface area contributed by atoms with Gasteiger partial charge in [-0.1, -0.05) is 29.3 Å². The summed E-state index contributed by atoms with van der Waals surface area (Å²) in [7, 11) is 0.